The molecule has 178 valence electrons. The average Bonchev–Trinajstić information content (AvgIpc) is 3.55. The SMILES string of the molecule is O=C(Nc1ccc(-c2ccc(S(=O)(=O)OC(=O)[C@H]3CCCN3)cc2)cc1)c1cc2ccccc2o1. The van der Waals surface area contributed by atoms with E-state index in [-0.39, 0.29) is 16.6 Å². The van der Waals surface area contributed by atoms with E-state index in [9.17, 15) is 18.0 Å². The second-order valence-electron chi connectivity index (χ2n) is 8.21. The van der Waals surface area contributed by atoms with Crippen LogP contribution >= 0.6 is 0 Å². The van der Waals surface area contributed by atoms with E-state index in [0.717, 1.165) is 22.9 Å². The Kier molecular flexibility index (Phi) is 6.10. The van der Waals surface area contributed by atoms with Gasteiger partial charge < -0.3 is 19.2 Å². The van der Waals surface area contributed by atoms with Crippen LogP contribution in [0.5, 0.6) is 0 Å². The molecule has 1 saturated heterocycles. The molecule has 2 N–H and O–H groups in total. The van der Waals surface area contributed by atoms with Gasteiger partial charge in [0.2, 0.25) is 0 Å². The van der Waals surface area contributed by atoms with Gasteiger partial charge in [0.05, 0.1) is 0 Å². The highest BCUT2D eigenvalue weighted by molar-refractivity contribution is 7.87. The Hall–Kier alpha value is -3.95. The van der Waals surface area contributed by atoms with Crippen molar-refractivity contribution in [3.63, 3.8) is 0 Å². The third-order valence-corrected chi connectivity index (χ3v) is 7.04. The molecule has 5 rings (SSSR count). The molecule has 0 bridgehead atoms. The quantitative estimate of drug-likeness (QED) is 0.387. The van der Waals surface area contributed by atoms with Crippen molar-refractivity contribution in [2.45, 2.75) is 23.8 Å². The van der Waals surface area contributed by atoms with E-state index < -0.39 is 22.1 Å². The second-order valence-corrected chi connectivity index (χ2v) is 9.76. The molecule has 0 unspecified atom stereocenters. The zero-order chi connectivity index (χ0) is 24.4. The van der Waals surface area contributed by atoms with Gasteiger partial charge in [0.1, 0.15) is 16.5 Å². The predicted octanol–water partition coefficient (Wildman–Crippen LogP) is 4.34. The summed E-state index contributed by atoms with van der Waals surface area (Å²) in [5.41, 5.74) is 2.82. The topological polar surface area (TPSA) is 115 Å². The number of carbonyl (C=O) groups is 2. The van der Waals surface area contributed by atoms with E-state index in [4.69, 9.17) is 8.60 Å². The number of benzene rings is 3. The maximum atomic E-state index is 12.5. The lowest BCUT2D eigenvalue weighted by Crippen LogP contribution is -2.33. The Balaban J connectivity index is 1.25. The molecule has 0 spiro atoms. The van der Waals surface area contributed by atoms with Crippen molar-refractivity contribution in [2.75, 3.05) is 11.9 Å². The van der Waals surface area contributed by atoms with Gasteiger partial charge in [-0.2, -0.15) is 8.42 Å². The van der Waals surface area contributed by atoms with Crippen LogP contribution in [0.15, 0.2) is 88.2 Å². The molecule has 3 aromatic carbocycles. The number of hydrogen-bond acceptors (Lipinski definition) is 7. The fourth-order valence-electron chi connectivity index (χ4n) is 3.95. The molecule has 1 aromatic heterocycles. The van der Waals surface area contributed by atoms with Crippen LogP contribution in [-0.4, -0.2) is 32.9 Å². The van der Waals surface area contributed by atoms with Gasteiger partial charge in [0.15, 0.2) is 5.76 Å². The highest BCUT2D eigenvalue weighted by Crippen LogP contribution is 2.25. The summed E-state index contributed by atoms with van der Waals surface area (Å²) in [5.74, 6) is -0.922. The van der Waals surface area contributed by atoms with Gasteiger partial charge in [-0.1, -0.05) is 42.5 Å². The van der Waals surface area contributed by atoms with Crippen LogP contribution in [0, 0.1) is 0 Å². The Labute approximate surface area is 202 Å². The Morgan fingerprint density at radius 2 is 1.63 bits per heavy atom. The van der Waals surface area contributed by atoms with Crippen LogP contribution in [0.4, 0.5) is 5.69 Å². The fourth-order valence-corrected chi connectivity index (χ4v) is 4.84. The largest absolute Gasteiger partial charge is 0.451 e. The molecule has 0 radical (unpaired) electrons. The molecule has 1 amide bonds. The summed E-state index contributed by atoms with van der Waals surface area (Å²) < 4.78 is 35.3. The van der Waals surface area contributed by atoms with Crippen LogP contribution in [0.1, 0.15) is 23.4 Å². The first-order valence-electron chi connectivity index (χ1n) is 11.1. The number of para-hydroxylation sites is 1. The summed E-state index contributed by atoms with van der Waals surface area (Å²) in [7, 11) is -4.20. The van der Waals surface area contributed by atoms with E-state index in [2.05, 4.69) is 10.6 Å². The highest BCUT2D eigenvalue weighted by Gasteiger charge is 2.29. The van der Waals surface area contributed by atoms with Gasteiger partial charge in [-0.15, -0.1) is 0 Å². The number of nitrogens with one attached hydrogen (secondary N) is 2. The van der Waals surface area contributed by atoms with Gasteiger partial charge in [-0.25, -0.2) is 4.79 Å². The van der Waals surface area contributed by atoms with Gasteiger partial charge in [-0.3, -0.25) is 4.79 Å². The Morgan fingerprint density at radius 3 is 2.29 bits per heavy atom. The normalized spacial score (nSPS) is 15.7. The first kappa shape index (κ1) is 22.8. The Morgan fingerprint density at radius 1 is 0.943 bits per heavy atom. The van der Waals surface area contributed by atoms with Crippen LogP contribution in [0.2, 0.25) is 0 Å². The second kappa shape index (κ2) is 9.36. The number of furan rings is 1. The number of carbonyl (C=O) groups excluding carboxylic acids is 2. The molecule has 1 fully saturated rings. The van der Waals surface area contributed by atoms with Crippen LogP contribution < -0.4 is 10.6 Å². The number of rotatable bonds is 6. The van der Waals surface area contributed by atoms with E-state index >= 15 is 0 Å². The molecule has 35 heavy (non-hydrogen) atoms. The van der Waals surface area contributed by atoms with Crippen molar-refractivity contribution in [1.82, 2.24) is 5.32 Å². The minimum atomic E-state index is -4.20. The number of fused-ring (bicyclic) bond motifs is 1. The lowest BCUT2D eigenvalue weighted by atomic mass is 10.1. The summed E-state index contributed by atoms with van der Waals surface area (Å²) in [6.45, 7) is 0.664. The first-order chi connectivity index (χ1) is 16.9. The number of anilines is 1. The smallest absolute Gasteiger partial charge is 0.341 e. The van der Waals surface area contributed by atoms with E-state index in [0.29, 0.717) is 24.2 Å². The maximum absolute atomic E-state index is 12.5. The monoisotopic (exact) mass is 490 g/mol. The van der Waals surface area contributed by atoms with E-state index in [1.165, 1.54) is 12.1 Å². The van der Waals surface area contributed by atoms with Crippen LogP contribution in [-0.2, 0) is 19.1 Å². The molecule has 2 heterocycles. The van der Waals surface area contributed by atoms with Gasteiger partial charge >= 0.3 is 16.1 Å². The summed E-state index contributed by atoms with van der Waals surface area (Å²) in [5, 5.41) is 6.57. The molecule has 1 aliphatic heterocycles. The maximum Gasteiger partial charge on any atom is 0.341 e. The summed E-state index contributed by atoms with van der Waals surface area (Å²) in [6.07, 6.45) is 1.36. The molecular weight excluding hydrogens is 468 g/mol. The average molecular weight is 491 g/mol. The molecular formula is C26H22N2O6S. The molecule has 0 aliphatic carbocycles. The zero-order valence-corrected chi connectivity index (χ0v) is 19.4. The van der Waals surface area contributed by atoms with Crippen LogP contribution in [0.3, 0.4) is 0 Å². The zero-order valence-electron chi connectivity index (χ0n) is 18.6. The van der Waals surface area contributed by atoms with Gasteiger partial charge in [-0.05, 0) is 66.9 Å². The lowest BCUT2D eigenvalue weighted by Gasteiger charge is -2.11. The molecule has 4 aromatic rings. The lowest BCUT2D eigenvalue weighted by molar-refractivity contribution is -0.135. The third kappa shape index (κ3) is 4.96. The van der Waals surface area contributed by atoms with E-state index in [1.807, 2.05) is 30.3 Å². The highest BCUT2D eigenvalue weighted by atomic mass is 32.2. The fraction of sp³-hybridized carbons (Fsp3) is 0.154. The minimum Gasteiger partial charge on any atom is -0.451 e. The van der Waals surface area contributed by atoms with E-state index in [1.54, 1.807) is 36.4 Å². The van der Waals surface area contributed by atoms with Gasteiger partial charge in [0.25, 0.3) is 5.91 Å². The predicted molar refractivity (Wildman–Crippen MR) is 130 cm³/mol. The summed E-state index contributed by atoms with van der Waals surface area (Å²) in [6, 6.07) is 21.7. The van der Waals surface area contributed by atoms with Crippen molar-refractivity contribution < 1.29 is 26.6 Å². The number of hydrogen-bond donors (Lipinski definition) is 2. The summed E-state index contributed by atoms with van der Waals surface area (Å²) in [4.78, 5) is 24.5. The standard InChI is InChI=1S/C26H22N2O6S/c29-25(24-16-19-4-1-2-6-23(19)33-24)28-20-11-7-17(8-12-20)18-9-13-21(14-10-18)35(31,32)34-26(30)22-5-3-15-27-22/h1-2,4,6-14,16,22,27H,3,5,15H2,(H,28,29)/t22-/m1/s1. The summed E-state index contributed by atoms with van der Waals surface area (Å²) >= 11 is 0. The molecule has 8 nitrogen and oxygen atoms in total. The van der Waals surface area contributed by atoms with Gasteiger partial charge in [0, 0.05) is 11.1 Å². The molecule has 1 atom stereocenters. The number of amides is 1. The Bertz CT molecular complexity index is 1450. The van der Waals surface area contributed by atoms with Crippen molar-refractivity contribution in [3.8, 4) is 11.1 Å². The van der Waals surface area contributed by atoms with Crippen molar-refractivity contribution >= 4 is 38.7 Å². The third-order valence-electron chi connectivity index (χ3n) is 5.81. The van der Waals surface area contributed by atoms with Crippen LogP contribution in [0.25, 0.3) is 22.1 Å². The van der Waals surface area contributed by atoms with Crippen molar-refractivity contribution in [3.05, 3.63) is 84.6 Å². The molecule has 1 aliphatic rings. The first-order valence-corrected chi connectivity index (χ1v) is 12.5. The van der Waals surface area contributed by atoms with Crippen molar-refractivity contribution in [1.29, 1.82) is 0 Å². The minimum absolute atomic E-state index is 0.0951. The molecule has 0 saturated carbocycles. The van der Waals surface area contributed by atoms with Crippen molar-refractivity contribution in [2.24, 2.45) is 0 Å². The molecule has 9 heteroatoms.